The van der Waals surface area contributed by atoms with Crippen LogP contribution in [0.4, 0.5) is 4.39 Å². The summed E-state index contributed by atoms with van der Waals surface area (Å²) in [7, 11) is 0. The van der Waals surface area contributed by atoms with Crippen LogP contribution in [0.25, 0.3) is 0 Å². The van der Waals surface area contributed by atoms with Gasteiger partial charge >= 0.3 is 0 Å². The number of Topliss-reactive ketones (excluding diaryl/α,β-unsaturated/α-hetero) is 2. The first-order valence-corrected chi connectivity index (χ1v) is 3.80. The molecule has 0 aromatic heterocycles. The van der Waals surface area contributed by atoms with Gasteiger partial charge in [0.05, 0.1) is 0 Å². The third kappa shape index (κ3) is 1.32. The molecule has 1 fully saturated rings. The van der Waals surface area contributed by atoms with Crippen molar-refractivity contribution in [1.29, 1.82) is 0 Å². The van der Waals surface area contributed by atoms with E-state index < -0.39 is 17.2 Å². The first-order valence-electron chi connectivity index (χ1n) is 3.80. The van der Waals surface area contributed by atoms with Crippen LogP contribution in [-0.2, 0) is 9.59 Å². The van der Waals surface area contributed by atoms with Crippen LogP contribution in [0.3, 0.4) is 0 Å². The lowest BCUT2D eigenvalue weighted by Gasteiger charge is -2.24. The molecule has 0 spiro atoms. The van der Waals surface area contributed by atoms with Gasteiger partial charge < -0.3 is 0 Å². The average molecular weight is 158 g/mol. The molecule has 0 aromatic carbocycles. The molecule has 1 atom stereocenters. The summed E-state index contributed by atoms with van der Waals surface area (Å²) in [5.74, 6) is -1.17. The Morgan fingerprint density at radius 2 is 2.18 bits per heavy atom. The maximum atomic E-state index is 13.4. The molecular weight excluding hydrogens is 147 g/mol. The van der Waals surface area contributed by atoms with Crippen molar-refractivity contribution in [3.8, 4) is 0 Å². The summed E-state index contributed by atoms with van der Waals surface area (Å²) in [6.45, 7) is 1.14. The van der Waals surface area contributed by atoms with E-state index in [9.17, 15) is 14.0 Å². The molecule has 0 heterocycles. The molecule has 0 bridgehead atoms. The Kier molecular flexibility index (Phi) is 2.07. The fraction of sp³-hybridized carbons (Fsp3) is 0.750. The van der Waals surface area contributed by atoms with Crippen LogP contribution >= 0.6 is 0 Å². The lowest BCUT2D eigenvalue weighted by Crippen LogP contribution is -2.43. The van der Waals surface area contributed by atoms with E-state index in [-0.39, 0.29) is 12.8 Å². The summed E-state index contributed by atoms with van der Waals surface area (Å²) in [6.07, 6.45) is 1.66. The van der Waals surface area contributed by atoms with Gasteiger partial charge in [-0.25, -0.2) is 4.39 Å². The second-order valence-corrected chi connectivity index (χ2v) is 2.99. The number of hydrogen-bond acceptors (Lipinski definition) is 2. The van der Waals surface area contributed by atoms with Crippen LogP contribution in [0.1, 0.15) is 32.6 Å². The zero-order chi connectivity index (χ0) is 8.48. The summed E-state index contributed by atoms with van der Waals surface area (Å²) in [4.78, 5) is 21.7. The average Bonchev–Trinajstić information content (AvgIpc) is 1.95. The molecule has 1 aliphatic rings. The van der Waals surface area contributed by atoms with Crippen LogP contribution < -0.4 is 0 Å². The Morgan fingerprint density at radius 1 is 1.55 bits per heavy atom. The smallest absolute Gasteiger partial charge is 0.225 e. The van der Waals surface area contributed by atoms with E-state index in [4.69, 9.17) is 0 Å². The molecule has 0 amide bonds. The normalized spacial score (nSPS) is 32.0. The molecule has 0 saturated heterocycles. The van der Waals surface area contributed by atoms with Crippen molar-refractivity contribution in [1.82, 2.24) is 0 Å². The summed E-state index contributed by atoms with van der Waals surface area (Å²) < 4.78 is 13.4. The van der Waals surface area contributed by atoms with Gasteiger partial charge in [0.1, 0.15) is 0 Å². The lowest BCUT2D eigenvalue weighted by atomic mass is 9.83. The minimum atomic E-state index is -2.14. The summed E-state index contributed by atoms with van der Waals surface area (Å²) in [5, 5.41) is 0. The van der Waals surface area contributed by atoms with Crippen LogP contribution in [0, 0.1) is 0 Å². The molecule has 0 aliphatic heterocycles. The first-order chi connectivity index (χ1) is 5.07. The van der Waals surface area contributed by atoms with Crippen molar-refractivity contribution >= 4 is 11.6 Å². The van der Waals surface area contributed by atoms with E-state index in [1.54, 1.807) is 0 Å². The Labute approximate surface area is 64.8 Å². The highest BCUT2D eigenvalue weighted by atomic mass is 19.1. The molecule has 1 saturated carbocycles. The van der Waals surface area contributed by atoms with E-state index in [1.165, 1.54) is 0 Å². The minimum absolute atomic E-state index is 0.0845. The third-order valence-corrected chi connectivity index (χ3v) is 2.18. The number of rotatable bonds is 1. The highest BCUT2D eigenvalue weighted by Gasteiger charge is 2.44. The number of carbonyl (C=O) groups excluding carboxylic acids is 2. The van der Waals surface area contributed by atoms with Gasteiger partial charge in [0.25, 0.3) is 0 Å². The standard InChI is InChI=1S/C8H11FO2/c1-6(10)8(9)5-3-2-4-7(8)11/h2-5H2,1H3. The van der Waals surface area contributed by atoms with E-state index in [1.807, 2.05) is 0 Å². The predicted molar refractivity (Wildman–Crippen MR) is 38.0 cm³/mol. The van der Waals surface area contributed by atoms with Crippen LogP contribution in [0.15, 0.2) is 0 Å². The molecule has 2 nitrogen and oxygen atoms in total. The van der Waals surface area contributed by atoms with Crippen LogP contribution in [0.5, 0.6) is 0 Å². The van der Waals surface area contributed by atoms with Crippen LogP contribution in [-0.4, -0.2) is 17.2 Å². The Hall–Kier alpha value is -0.730. The lowest BCUT2D eigenvalue weighted by molar-refractivity contribution is -0.144. The predicted octanol–water partition coefficient (Wildman–Crippen LogP) is 1.43. The Morgan fingerprint density at radius 3 is 2.55 bits per heavy atom. The molecule has 0 N–H and O–H groups in total. The molecule has 11 heavy (non-hydrogen) atoms. The largest absolute Gasteiger partial charge is 0.296 e. The fourth-order valence-electron chi connectivity index (χ4n) is 1.36. The molecule has 62 valence electrons. The molecule has 1 rings (SSSR count). The van der Waals surface area contributed by atoms with E-state index in [0.717, 1.165) is 13.3 Å². The second kappa shape index (κ2) is 2.72. The second-order valence-electron chi connectivity index (χ2n) is 2.99. The van der Waals surface area contributed by atoms with Gasteiger partial charge in [-0.2, -0.15) is 0 Å². The minimum Gasteiger partial charge on any atom is -0.296 e. The molecule has 1 aliphatic carbocycles. The van der Waals surface area contributed by atoms with Crippen molar-refractivity contribution < 1.29 is 14.0 Å². The highest BCUT2D eigenvalue weighted by Crippen LogP contribution is 2.29. The number of halogens is 1. The van der Waals surface area contributed by atoms with E-state index in [2.05, 4.69) is 0 Å². The summed E-state index contributed by atoms with van der Waals surface area (Å²) >= 11 is 0. The molecule has 0 radical (unpaired) electrons. The molecule has 1 unspecified atom stereocenters. The van der Waals surface area contributed by atoms with Gasteiger partial charge in [-0.3, -0.25) is 9.59 Å². The Balaban J connectivity index is 2.81. The quantitative estimate of drug-likeness (QED) is 0.541. The number of hydrogen-bond donors (Lipinski definition) is 0. The van der Waals surface area contributed by atoms with Gasteiger partial charge in [-0.1, -0.05) is 0 Å². The van der Waals surface area contributed by atoms with Gasteiger partial charge in [0, 0.05) is 6.42 Å². The molecular formula is C8H11FO2. The van der Waals surface area contributed by atoms with Crippen molar-refractivity contribution in [3.63, 3.8) is 0 Å². The molecule has 3 heteroatoms. The van der Waals surface area contributed by atoms with Gasteiger partial charge in [0.15, 0.2) is 11.6 Å². The van der Waals surface area contributed by atoms with Gasteiger partial charge in [-0.15, -0.1) is 0 Å². The van der Waals surface area contributed by atoms with Gasteiger partial charge in [-0.05, 0) is 26.2 Å². The number of carbonyl (C=O) groups is 2. The van der Waals surface area contributed by atoms with E-state index in [0.29, 0.717) is 6.42 Å². The zero-order valence-corrected chi connectivity index (χ0v) is 6.52. The van der Waals surface area contributed by atoms with Gasteiger partial charge in [0.2, 0.25) is 5.67 Å². The highest BCUT2D eigenvalue weighted by molar-refractivity contribution is 6.09. The van der Waals surface area contributed by atoms with E-state index >= 15 is 0 Å². The zero-order valence-electron chi connectivity index (χ0n) is 6.52. The fourth-order valence-corrected chi connectivity index (χ4v) is 1.36. The maximum absolute atomic E-state index is 13.4. The summed E-state index contributed by atoms with van der Waals surface area (Å²) in [6, 6.07) is 0. The summed E-state index contributed by atoms with van der Waals surface area (Å²) in [5.41, 5.74) is -2.14. The van der Waals surface area contributed by atoms with Crippen molar-refractivity contribution in [2.45, 2.75) is 38.3 Å². The number of alkyl halides is 1. The maximum Gasteiger partial charge on any atom is 0.225 e. The van der Waals surface area contributed by atoms with Crippen molar-refractivity contribution in [2.75, 3.05) is 0 Å². The van der Waals surface area contributed by atoms with Crippen molar-refractivity contribution in [3.05, 3.63) is 0 Å². The van der Waals surface area contributed by atoms with Crippen LogP contribution in [0.2, 0.25) is 0 Å². The molecule has 0 aromatic rings. The van der Waals surface area contributed by atoms with Crippen molar-refractivity contribution in [2.24, 2.45) is 0 Å². The SMILES string of the molecule is CC(=O)C1(F)CCCCC1=O. The Bertz CT molecular complexity index is 200. The monoisotopic (exact) mass is 158 g/mol. The topological polar surface area (TPSA) is 34.1 Å². The third-order valence-electron chi connectivity index (χ3n) is 2.18. The first kappa shape index (κ1) is 8.37. The number of ketones is 2.